The van der Waals surface area contributed by atoms with E-state index in [-0.39, 0.29) is 18.8 Å². The Balaban J connectivity index is 2.24. The van der Waals surface area contributed by atoms with Crippen LogP contribution in [0.2, 0.25) is 0 Å². The molecule has 0 saturated carbocycles. The summed E-state index contributed by atoms with van der Waals surface area (Å²) in [6, 6.07) is 4.23. The second-order valence-electron chi connectivity index (χ2n) is 10.5. The summed E-state index contributed by atoms with van der Waals surface area (Å²) in [5.41, 5.74) is -0.427. The zero-order chi connectivity index (χ0) is 24.3. The maximum Gasteiger partial charge on any atom is 0.410 e. The van der Waals surface area contributed by atoms with Crippen LogP contribution in [-0.2, 0) is 27.1 Å². The fraction of sp³-hybridized carbons (Fsp3) is 0.667. The normalized spacial score (nSPS) is 19.0. The molecule has 1 aliphatic heterocycles. The Morgan fingerprint density at radius 1 is 1.19 bits per heavy atom. The molecule has 2 rings (SSSR count). The van der Waals surface area contributed by atoms with Crippen molar-refractivity contribution in [1.29, 1.82) is 0 Å². The number of hydrogen-bond donors (Lipinski definition) is 2. The van der Waals surface area contributed by atoms with Crippen LogP contribution in [0.15, 0.2) is 18.2 Å². The summed E-state index contributed by atoms with van der Waals surface area (Å²) in [7, 11) is 0. The van der Waals surface area contributed by atoms with Gasteiger partial charge in [0.25, 0.3) is 0 Å². The Labute approximate surface area is 189 Å². The second kappa shape index (κ2) is 10.2. The van der Waals surface area contributed by atoms with E-state index in [9.17, 15) is 19.1 Å². The number of nitrogens with zero attached hydrogens (tertiary/aromatic N) is 1. The molecule has 7 nitrogen and oxygen atoms in total. The topological polar surface area (TPSA) is 96.3 Å². The molecule has 1 amide bonds. The number of halogens is 1. The minimum atomic E-state index is -1.18. The maximum atomic E-state index is 14.6. The first-order valence-corrected chi connectivity index (χ1v) is 11.0. The van der Waals surface area contributed by atoms with Gasteiger partial charge in [0.05, 0.1) is 12.0 Å². The third-order valence-electron chi connectivity index (χ3n) is 5.24. The summed E-state index contributed by atoms with van der Waals surface area (Å²) in [4.78, 5) is 25.1. The van der Waals surface area contributed by atoms with Gasteiger partial charge in [0, 0.05) is 19.0 Å². The SMILES string of the molecule is CC(C)(C)OC(=O)N1CC[C@H]([C@H](Cc2cc(CC(=O)O)ccc2F)[C@@H](O)OC(C)(C)C)C1. The first-order valence-electron chi connectivity index (χ1n) is 11.0. The Hall–Kier alpha value is -2.19. The van der Waals surface area contributed by atoms with E-state index in [4.69, 9.17) is 14.6 Å². The van der Waals surface area contributed by atoms with Crippen molar-refractivity contribution < 1.29 is 33.7 Å². The van der Waals surface area contributed by atoms with Crippen molar-refractivity contribution >= 4 is 12.1 Å². The predicted molar refractivity (Wildman–Crippen MR) is 118 cm³/mol. The van der Waals surface area contributed by atoms with Gasteiger partial charge in [-0.2, -0.15) is 0 Å². The summed E-state index contributed by atoms with van der Waals surface area (Å²) >= 11 is 0. The third-order valence-corrected chi connectivity index (χ3v) is 5.24. The van der Waals surface area contributed by atoms with Crippen molar-refractivity contribution in [1.82, 2.24) is 4.90 Å². The number of carbonyl (C=O) groups is 2. The lowest BCUT2D eigenvalue weighted by molar-refractivity contribution is -0.199. The van der Waals surface area contributed by atoms with Crippen LogP contribution in [0.1, 0.15) is 59.1 Å². The molecule has 1 aromatic rings. The lowest BCUT2D eigenvalue weighted by Gasteiger charge is -2.33. The summed E-state index contributed by atoms with van der Waals surface area (Å²) in [6.07, 6.45) is -1.04. The molecule has 32 heavy (non-hydrogen) atoms. The highest BCUT2D eigenvalue weighted by Crippen LogP contribution is 2.33. The molecular formula is C24H36FNO6. The van der Waals surface area contributed by atoms with Crippen LogP contribution in [-0.4, -0.2) is 57.8 Å². The molecule has 0 radical (unpaired) electrons. The number of carboxylic acid groups (broad SMARTS) is 1. The summed E-state index contributed by atoms with van der Waals surface area (Å²) in [5.74, 6) is -2.09. The van der Waals surface area contributed by atoms with E-state index >= 15 is 0 Å². The first-order chi connectivity index (χ1) is 14.6. The van der Waals surface area contributed by atoms with Crippen LogP contribution in [0.25, 0.3) is 0 Å². The van der Waals surface area contributed by atoms with Gasteiger partial charge in [-0.25, -0.2) is 9.18 Å². The van der Waals surface area contributed by atoms with Gasteiger partial charge >= 0.3 is 12.1 Å². The van der Waals surface area contributed by atoms with E-state index in [2.05, 4.69) is 0 Å². The number of benzene rings is 1. The predicted octanol–water partition coefficient (Wildman–Crippen LogP) is 4.00. The van der Waals surface area contributed by atoms with E-state index in [1.54, 1.807) is 25.7 Å². The summed E-state index contributed by atoms with van der Waals surface area (Å²) in [6.45, 7) is 11.7. The molecule has 1 saturated heterocycles. The van der Waals surface area contributed by atoms with Crippen molar-refractivity contribution in [3.63, 3.8) is 0 Å². The number of aliphatic hydroxyl groups is 1. The van der Waals surface area contributed by atoms with Gasteiger partial charge < -0.3 is 24.6 Å². The summed E-state index contributed by atoms with van der Waals surface area (Å²) < 4.78 is 25.9. The van der Waals surface area contributed by atoms with Crippen molar-refractivity contribution in [2.24, 2.45) is 11.8 Å². The number of rotatable bonds is 7. The minimum absolute atomic E-state index is 0.137. The molecule has 0 unspecified atom stereocenters. The van der Waals surface area contributed by atoms with Crippen LogP contribution < -0.4 is 0 Å². The van der Waals surface area contributed by atoms with Gasteiger partial charge in [0.1, 0.15) is 11.4 Å². The van der Waals surface area contributed by atoms with Crippen molar-refractivity contribution in [2.45, 2.75) is 78.3 Å². The maximum absolute atomic E-state index is 14.6. The number of hydrogen-bond acceptors (Lipinski definition) is 5. The Bertz CT molecular complexity index is 814. The lowest BCUT2D eigenvalue weighted by atomic mass is 9.84. The largest absolute Gasteiger partial charge is 0.481 e. The average molecular weight is 454 g/mol. The number of amides is 1. The molecular weight excluding hydrogens is 417 g/mol. The fourth-order valence-electron chi connectivity index (χ4n) is 3.90. The van der Waals surface area contributed by atoms with E-state index in [1.807, 2.05) is 20.8 Å². The number of likely N-dealkylation sites (tertiary alicyclic amines) is 1. The van der Waals surface area contributed by atoms with E-state index in [0.29, 0.717) is 30.6 Å². The molecule has 8 heteroatoms. The molecule has 3 atom stereocenters. The monoisotopic (exact) mass is 453 g/mol. The zero-order valence-corrected chi connectivity index (χ0v) is 19.9. The number of carbonyl (C=O) groups excluding carboxylic acids is 1. The summed E-state index contributed by atoms with van der Waals surface area (Å²) in [5, 5.41) is 20.0. The van der Waals surface area contributed by atoms with E-state index < -0.39 is 41.3 Å². The van der Waals surface area contributed by atoms with Crippen LogP contribution in [0, 0.1) is 17.7 Å². The van der Waals surface area contributed by atoms with Gasteiger partial charge in [0.2, 0.25) is 0 Å². The zero-order valence-electron chi connectivity index (χ0n) is 19.9. The highest BCUT2D eigenvalue weighted by molar-refractivity contribution is 5.70. The van der Waals surface area contributed by atoms with Gasteiger partial charge in [-0.1, -0.05) is 12.1 Å². The van der Waals surface area contributed by atoms with Gasteiger partial charge in [-0.15, -0.1) is 0 Å². The number of ether oxygens (including phenoxy) is 2. The number of aliphatic carboxylic acids is 1. The van der Waals surface area contributed by atoms with Crippen molar-refractivity contribution in [2.75, 3.05) is 13.1 Å². The van der Waals surface area contributed by atoms with Crippen LogP contribution in [0.4, 0.5) is 9.18 Å². The Kier molecular flexibility index (Phi) is 8.28. The molecule has 0 bridgehead atoms. The number of aliphatic hydroxyl groups excluding tert-OH is 1. The fourth-order valence-corrected chi connectivity index (χ4v) is 3.90. The van der Waals surface area contributed by atoms with Crippen LogP contribution >= 0.6 is 0 Å². The van der Waals surface area contributed by atoms with E-state index in [0.717, 1.165) is 0 Å². The molecule has 0 aliphatic carbocycles. The smallest absolute Gasteiger partial charge is 0.410 e. The van der Waals surface area contributed by atoms with Crippen LogP contribution in [0.5, 0.6) is 0 Å². The van der Waals surface area contributed by atoms with Gasteiger partial charge in [-0.05, 0) is 77.5 Å². The molecule has 1 heterocycles. The molecule has 1 fully saturated rings. The first kappa shape index (κ1) is 26.1. The molecule has 1 aromatic carbocycles. The van der Waals surface area contributed by atoms with E-state index in [1.165, 1.54) is 18.2 Å². The lowest BCUT2D eigenvalue weighted by Crippen LogP contribution is -2.40. The Morgan fingerprint density at radius 2 is 1.84 bits per heavy atom. The van der Waals surface area contributed by atoms with Gasteiger partial charge in [-0.3, -0.25) is 4.79 Å². The van der Waals surface area contributed by atoms with Crippen molar-refractivity contribution in [3.05, 3.63) is 35.1 Å². The highest BCUT2D eigenvalue weighted by Gasteiger charge is 2.39. The van der Waals surface area contributed by atoms with Crippen LogP contribution in [0.3, 0.4) is 0 Å². The minimum Gasteiger partial charge on any atom is -0.481 e. The molecule has 0 aromatic heterocycles. The third kappa shape index (κ3) is 8.06. The standard InChI is InChI=1S/C24H36FNO6/c1-23(2,3)31-21(29)18(13-17-11-15(12-20(27)28)7-8-19(17)25)16-9-10-26(14-16)22(30)32-24(4,5)6/h7-8,11,16,18,21,29H,9-10,12-14H2,1-6H3,(H,27,28)/t16-,18-,21-/m0/s1. The number of carboxylic acids is 1. The highest BCUT2D eigenvalue weighted by atomic mass is 19.1. The Morgan fingerprint density at radius 3 is 2.41 bits per heavy atom. The second-order valence-corrected chi connectivity index (χ2v) is 10.5. The molecule has 0 spiro atoms. The van der Waals surface area contributed by atoms with Crippen molar-refractivity contribution in [3.8, 4) is 0 Å². The molecule has 1 aliphatic rings. The molecule has 180 valence electrons. The average Bonchev–Trinajstić information content (AvgIpc) is 3.08. The van der Waals surface area contributed by atoms with Gasteiger partial charge in [0.15, 0.2) is 6.29 Å². The quantitative estimate of drug-likeness (QED) is 0.606. The molecule has 2 N–H and O–H groups in total.